The average Bonchev–Trinajstić information content (AvgIpc) is 2.43. The summed E-state index contributed by atoms with van der Waals surface area (Å²) in [6.07, 6.45) is -1.20. The lowest BCUT2D eigenvalue weighted by atomic mass is 9.98. The smallest absolute Gasteiger partial charge is 0.190 e. The van der Waals surface area contributed by atoms with Crippen LogP contribution < -0.4 is 5.32 Å². The Labute approximate surface area is 125 Å². The van der Waals surface area contributed by atoms with Gasteiger partial charge in [0.05, 0.1) is 19.3 Å². The molecule has 0 radical (unpaired) electrons. The molecule has 0 bridgehead atoms. The summed E-state index contributed by atoms with van der Waals surface area (Å²) in [6.45, 7) is -0.208. The molecule has 1 aliphatic rings. The molecule has 1 aromatic heterocycles. The molecule has 0 aromatic carbocycles. The lowest BCUT2D eigenvalue weighted by Crippen LogP contribution is -2.56. The Bertz CT molecular complexity index is 467. The van der Waals surface area contributed by atoms with Crippen LogP contribution in [0.1, 0.15) is 0 Å². The van der Waals surface area contributed by atoms with Gasteiger partial charge < -0.3 is 25.4 Å². The second-order valence-corrected chi connectivity index (χ2v) is 5.51. The molecule has 20 heavy (non-hydrogen) atoms. The van der Waals surface area contributed by atoms with Gasteiger partial charge in [-0.2, -0.15) is 0 Å². The van der Waals surface area contributed by atoms with Crippen molar-refractivity contribution in [3.8, 4) is 0 Å². The zero-order chi connectivity index (χ0) is 14.7. The van der Waals surface area contributed by atoms with E-state index in [1.54, 1.807) is 0 Å². The van der Waals surface area contributed by atoms with E-state index in [0.29, 0.717) is 11.0 Å². The molecule has 1 fully saturated rings. The van der Waals surface area contributed by atoms with E-state index in [1.807, 2.05) is 6.26 Å². The summed E-state index contributed by atoms with van der Waals surface area (Å²) in [6, 6.07) is 0.979. The third-order valence-electron chi connectivity index (χ3n) is 3.00. The van der Waals surface area contributed by atoms with Crippen molar-refractivity contribution in [2.75, 3.05) is 24.8 Å². The van der Waals surface area contributed by atoms with Gasteiger partial charge in [-0.1, -0.05) is 23.4 Å². The summed E-state index contributed by atoms with van der Waals surface area (Å²) in [5.41, 5.74) is 0. The zero-order valence-electron chi connectivity index (χ0n) is 10.7. The van der Waals surface area contributed by atoms with Crippen LogP contribution in [0.4, 0.5) is 5.82 Å². The topological polar surface area (TPSA) is 108 Å². The highest BCUT2D eigenvalue weighted by atomic mass is 35.5. The van der Waals surface area contributed by atoms with Crippen LogP contribution in [0.3, 0.4) is 0 Å². The van der Waals surface area contributed by atoms with Crippen molar-refractivity contribution in [1.82, 2.24) is 9.97 Å². The number of rotatable bonds is 4. The first kappa shape index (κ1) is 15.7. The number of aliphatic hydroxyl groups excluding tert-OH is 3. The summed E-state index contributed by atoms with van der Waals surface area (Å²) in [5, 5.41) is 32.6. The molecule has 9 heteroatoms. The van der Waals surface area contributed by atoms with Gasteiger partial charge in [-0.25, -0.2) is 9.97 Å². The minimum Gasteiger partial charge on any atom is -0.394 e. The maximum Gasteiger partial charge on any atom is 0.190 e. The molecule has 2 rings (SSSR count). The predicted molar refractivity (Wildman–Crippen MR) is 75.1 cm³/mol. The molecule has 0 unspecified atom stereocenters. The van der Waals surface area contributed by atoms with E-state index < -0.39 is 24.4 Å². The fourth-order valence-corrected chi connectivity index (χ4v) is 2.53. The Morgan fingerprint density at radius 2 is 2.20 bits per heavy atom. The number of halogens is 1. The van der Waals surface area contributed by atoms with E-state index in [0.717, 1.165) is 0 Å². The van der Waals surface area contributed by atoms with Gasteiger partial charge in [-0.15, -0.1) is 0 Å². The Morgan fingerprint density at radius 3 is 2.85 bits per heavy atom. The first-order valence-electron chi connectivity index (χ1n) is 5.99. The summed E-state index contributed by atoms with van der Waals surface area (Å²) in [7, 11) is 0. The largest absolute Gasteiger partial charge is 0.394 e. The summed E-state index contributed by atoms with van der Waals surface area (Å²) >= 11 is 7.22. The van der Waals surface area contributed by atoms with Crippen LogP contribution in [-0.2, 0) is 4.74 Å². The van der Waals surface area contributed by atoms with Crippen LogP contribution in [0.2, 0.25) is 5.15 Å². The minimum absolute atomic E-state index is 0.139. The van der Waals surface area contributed by atoms with Gasteiger partial charge in [0.15, 0.2) is 5.16 Å². The van der Waals surface area contributed by atoms with Gasteiger partial charge in [0, 0.05) is 6.07 Å². The Morgan fingerprint density at radius 1 is 1.45 bits per heavy atom. The Balaban J connectivity index is 2.08. The lowest BCUT2D eigenvalue weighted by molar-refractivity contribution is -0.152. The van der Waals surface area contributed by atoms with Crippen LogP contribution in [0.25, 0.3) is 0 Å². The Kier molecular flexibility index (Phi) is 5.42. The third kappa shape index (κ3) is 3.51. The second kappa shape index (κ2) is 6.88. The molecular formula is C11H16ClN3O4S. The number of ether oxygens (including phenoxy) is 1. The zero-order valence-corrected chi connectivity index (χ0v) is 12.3. The average molecular weight is 322 g/mol. The molecule has 1 saturated heterocycles. The number of hydrogen-bond acceptors (Lipinski definition) is 8. The number of aromatic nitrogens is 2. The Hall–Kier alpha value is -0.640. The first-order valence-corrected chi connectivity index (χ1v) is 7.59. The normalized spacial score (nSPS) is 30.2. The molecule has 0 saturated carbocycles. The van der Waals surface area contributed by atoms with Gasteiger partial charge in [0.1, 0.15) is 29.3 Å². The maximum absolute atomic E-state index is 10.0. The van der Waals surface area contributed by atoms with Gasteiger partial charge >= 0.3 is 0 Å². The molecule has 2 heterocycles. The molecule has 0 spiro atoms. The molecule has 4 atom stereocenters. The molecule has 7 nitrogen and oxygen atoms in total. The molecule has 1 aliphatic heterocycles. The van der Waals surface area contributed by atoms with E-state index >= 15 is 0 Å². The monoisotopic (exact) mass is 321 g/mol. The van der Waals surface area contributed by atoms with Gasteiger partial charge in [-0.3, -0.25) is 0 Å². The number of anilines is 1. The molecule has 0 aliphatic carbocycles. The van der Waals surface area contributed by atoms with Gasteiger partial charge in [0.2, 0.25) is 0 Å². The van der Waals surface area contributed by atoms with E-state index in [-0.39, 0.29) is 18.4 Å². The van der Waals surface area contributed by atoms with Crippen LogP contribution in [0.5, 0.6) is 0 Å². The van der Waals surface area contributed by atoms with Gasteiger partial charge in [0.25, 0.3) is 0 Å². The number of nitrogens with zero attached hydrogens (tertiary/aromatic N) is 2. The van der Waals surface area contributed by atoms with Crippen molar-refractivity contribution in [3.05, 3.63) is 11.2 Å². The summed E-state index contributed by atoms with van der Waals surface area (Å²) in [4.78, 5) is 8.21. The number of thioether (sulfide) groups is 1. The van der Waals surface area contributed by atoms with Gasteiger partial charge in [-0.05, 0) is 6.26 Å². The van der Waals surface area contributed by atoms with Crippen molar-refractivity contribution in [2.24, 2.45) is 0 Å². The first-order chi connectivity index (χ1) is 9.55. The predicted octanol–water partition coefficient (Wildman–Crippen LogP) is -0.255. The quantitative estimate of drug-likeness (QED) is 0.341. The van der Waals surface area contributed by atoms with Crippen LogP contribution in [0, 0.1) is 0 Å². The molecule has 4 N–H and O–H groups in total. The molecule has 0 amide bonds. The van der Waals surface area contributed by atoms with Crippen molar-refractivity contribution in [1.29, 1.82) is 0 Å². The molecular weight excluding hydrogens is 306 g/mol. The SMILES string of the molecule is CSc1nc(Cl)cc(N[C@H]2CO[C@H](CO)[C@H](O)[C@@H]2O)n1. The minimum atomic E-state index is -1.16. The number of nitrogens with one attached hydrogen (secondary N) is 1. The molecule has 1 aromatic rings. The van der Waals surface area contributed by atoms with Crippen LogP contribution in [0.15, 0.2) is 11.2 Å². The van der Waals surface area contributed by atoms with Crippen molar-refractivity contribution in [2.45, 2.75) is 29.5 Å². The number of hydrogen-bond donors (Lipinski definition) is 4. The van der Waals surface area contributed by atoms with Crippen molar-refractivity contribution in [3.63, 3.8) is 0 Å². The second-order valence-electron chi connectivity index (χ2n) is 4.35. The lowest BCUT2D eigenvalue weighted by Gasteiger charge is -2.37. The fraction of sp³-hybridized carbons (Fsp3) is 0.636. The van der Waals surface area contributed by atoms with Crippen molar-refractivity contribution < 1.29 is 20.1 Å². The third-order valence-corrected chi connectivity index (χ3v) is 3.74. The highest BCUT2D eigenvalue weighted by Crippen LogP contribution is 2.21. The highest BCUT2D eigenvalue weighted by Gasteiger charge is 2.38. The van der Waals surface area contributed by atoms with E-state index in [2.05, 4.69) is 15.3 Å². The van der Waals surface area contributed by atoms with E-state index in [9.17, 15) is 10.2 Å². The standard InChI is InChI=1S/C11H16ClN3O4S/c1-20-11-14-7(12)2-8(15-11)13-5-4-19-6(3-16)10(18)9(5)17/h2,5-6,9-10,16-18H,3-4H2,1H3,(H,13,14,15)/t5-,6+,9+,10-/m0/s1. The fourth-order valence-electron chi connectivity index (χ4n) is 1.92. The summed E-state index contributed by atoms with van der Waals surface area (Å²) < 4.78 is 5.28. The van der Waals surface area contributed by atoms with Crippen LogP contribution in [-0.4, -0.2) is 69.1 Å². The van der Waals surface area contributed by atoms with Crippen molar-refractivity contribution >= 4 is 29.2 Å². The highest BCUT2D eigenvalue weighted by molar-refractivity contribution is 7.98. The summed E-state index contributed by atoms with van der Waals surface area (Å²) in [5.74, 6) is 0.441. The maximum atomic E-state index is 10.0. The van der Waals surface area contributed by atoms with E-state index in [4.69, 9.17) is 21.4 Å². The number of aliphatic hydroxyl groups is 3. The van der Waals surface area contributed by atoms with Crippen LogP contribution >= 0.6 is 23.4 Å². The van der Waals surface area contributed by atoms with E-state index in [1.165, 1.54) is 17.8 Å². The molecule has 112 valence electrons.